The molecule has 3 aromatic carbocycles. The highest BCUT2D eigenvalue weighted by molar-refractivity contribution is 6.02. The molecule has 2 aromatic heterocycles. The largest absolute Gasteiger partial charge is 0.398 e. The first-order chi connectivity index (χ1) is 16.1. The van der Waals surface area contributed by atoms with Gasteiger partial charge in [0.1, 0.15) is 0 Å². The lowest BCUT2D eigenvalue weighted by atomic mass is 9.86. The van der Waals surface area contributed by atoms with Gasteiger partial charge >= 0.3 is 5.69 Å². The van der Waals surface area contributed by atoms with Gasteiger partial charge in [0.25, 0.3) is 5.56 Å². The molecule has 0 saturated carbocycles. The van der Waals surface area contributed by atoms with Gasteiger partial charge in [-0.1, -0.05) is 69.3 Å². The molecule has 172 valence electrons. The Hall–Kier alpha value is -4.06. The van der Waals surface area contributed by atoms with Crippen molar-refractivity contribution in [1.82, 2.24) is 13.7 Å². The van der Waals surface area contributed by atoms with Crippen molar-refractivity contribution in [2.75, 3.05) is 5.73 Å². The Kier molecular flexibility index (Phi) is 4.79. The highest BCUT2D eigenvalue weighted by atomic mass is 16.2. The van der Waals surface area contributed by atoms with E-state index < -0.39 is 0 Å². The van der Waals surface area contributed by atoms with Crippen molar-refractivity contribution >= 4 is 27.4 Å². The maximum atomic E-state index is 13.4. The first-order valence-corrected chi connectivity index (χ1v) is 11.3. The summed E-state index contributed by atoms with van der Waals surface area (Å²) in [5, 5.41) is 2.41. The zero-order valence-electron chi connectivity index (χ0n) is 20.1. The molecular weight excluding hydrogens is 424 g/mol. The molecule has 0 bridgehead atoms. The van der Waals surface area contributed by atoms with Crippen molar-refractivity contribution in [1.29, 1.82) is 0 Å². The summed E-state index contributed by atoms with van der Waals surface area (Å²) in [5.74, 6) is 0. The summed E-state index contributed by atoms with van der Waals surface area (Å²) in [6.07, 6.45) is 1.87. The van der Waals surface area contributed by atoms with E-state index in [1.54, 1.807) is 7.05 Å². The lowest BCUT2D eigenvalue weighted by Gasteiger charge is -2.20. The van der Waals surface area contributed by atoms with Gasteiger partial charge in [-0.05, 0) is 34.1 Å². The fourth-order valence-electron chi connectivity index (χ4n) is 4.69. The van der Waals surface area contributed by atoms with E-state index >= 15 is 0 Å². The number of nitrogens with two attached hydrogens (primary N) is 1. The van der Waals surface area contributed by atoms with Crippen molar-refractivity contribution in [3.8, 4) is 16.9 Å². The van der Waals surface area contributed by atoms with Crippen LogP contribution in [-0.4, -0.2) is 13.7 Å². The molecule has 0 atom stereocenters. The number of hydrogen-bond donors (Lipinski definition) is 1. The minimum absolute atomic E-state index is 0.00666. The van der Waals surface area contributed by atoms with Crippen LogP contribution in [-0.2, 0) is 19.5 Å². The van der Waals surface area contributed by atoms with Crippen molar-refractivity contribution < 1.29 is 0 Å². The Bertz CT molecular complexity index is 1690. The van der Waals surface area contributed by atoms with E-state index in [9.17, 15) is 9.59 Å². The van der Waals surface area contributed by atoms with E-state index in [0.717, 1.165) is 32.3 Å². The number of nitrogen functional groups attached to an aromatic ring is 1. The standard InChI is InChI=1S/C28H28N4O2/c1-28(2,3)19-14-12-18(13-15-19)25-24-22(30(4)27(34)31(5)26(24)33)16-32(25)21-11-7-9-17-8-6-10-20(29)23(17)21/h6-16H,29H2,1-5H3. The van der Waals surface area contributed by atoms with Crippen molar-refractivity contribution in [3.05, 3.63) is 93.3 Å². The average Bonchev–Trinajstić information content (AvgIpc) is 3.21. The van der Waals surface area contributed by atoms with Crippen LogP contribution in [0.5, 0.6) is 0 Å². The molecule has 0 aliphatic heterocycles. The van der Waals surface area contributed by atoms with Crippen LogP contribution >= 0.6 is 0 Å². The van der Waals surface area contributed by atoms with Crippen LogP contribution < -0.4 is 17.0 Å². The van der Waals surface area contributed by atoms with Gasteiger partial charge in [-0.3, -0.25) is 13.9 Å². The smallest absolute Gasteiger partial charge is 0.330 e. The minimum atomic E-state index is -0.360. The van der Waals surface area contributed by atoms with Crippen LogP contribution in [0.1, 0.15) is 26.3 Å². The van der Waals surface area contributed by atoms with E-state index in [1.165, 1.54) is 17.2 Å². The molecule has 0 amide bonds. The second kappa shape index (κ2) is 7.48. The Morgan fingerprint density at radius 3 is 2.09 bits per heavy atom. The molecule has 2 heterocycles. The highest BCUT2D eigenvalue weighted by Crippen LogP contribution is 2.36. The molecule has 0 spiro atoms. The third-order valence-corrected chi connectivity index (χ3v) is 6.64. The van der Waals surface area contributed by atoms with Gasteiger partial charge in [-0.25, -0.2) is 4.79 Å². The number of hydrogen-bond acceptors (Lipinski definition) is 3. The lowest BCUT2D eigenvalue weighted by molar-refractivity contribution is 0.590. The van der Waals surface area contributed by atoms with Gasteiger partial charge in [0.15, 0.2) is 0 Å². The van der Waals surface area contributed by atoms with E-state index in [4.69, 9.17) is 5.73 Å². The Balaban J connectivity index is 1.95. The van der Waals surface area contributed by atoms with Gasteiger partial charge in [0.2, 0.25) is 0 Å². The summed E-state index contributed by atoms with van der Waals surface area (Å²) in [6, 6.07) is 20.1. The van der Waals surface area contributed by atoms with Gasteiger partial charge in [-0.15, -0.1) is 0 Å². The third-order valence-electron chi connectivity index (χ3n) is 6.64. The summed E-state index contributed by atoms with van der Waals surface area (Å²) in [5.41, 5.74) is 10.7. The fraction of sp³-hybridized carbons (Fsp3) is 0.214. The third kappa shape index (κ3) is 3.17. The van der Waals surface area contributed by atoms with Crippen LogP contribution in [0.2, 0.25) is 0 Å². The van der Waals surface area contributed by atoms with Crippen LogP contribution in [0, 0.1) is 0 Å². The maximum absolute atomic E-state index is 13.4. The van der Waals surface area contributed by atoms with Crippen LogP contribution in [0.3, 0.4) is 0 Å². The predicted octanol–water partition coefficient (Wildman–Crippen LogP) is 4.73. The number of benzene rings is 3. The molecule has 0 saturated heterocycles. The number of fused-ring (bicyclic) bond motifs is 2. The van der Waals surface area contributed by atoms with Crippen LogP contribution in [0.4, 0.5) is 5.69 Å². The highest BCUT2D eigenvalue weighted by Gasteiger charge is 2.22. The molecule has 0 fully saturated rings. The zero-order valence-corrected chi connectivity index (χ0v) is 20.1. The van der Waals surface area contributed by atoms with E-state index in [1.807, 2.05) is 59.3 Å². The number of nitrogens with zero attached hydrogens (tertiary/aromatic N) is 3. The molecule has 6 heteroatoms. The van der Waals surface area contributed by atoms with Crippen molar-refractivity contribution in [3.63, 3.8) is 0 Å². The maximum Gasteiger partial charge on any atom is 0.330 e. The number of anilines is 1. The molecule has 0 radical (unpaired) electrons. The summed E-state index contributed by atoms with van der Waals surface area (Å²) >= 11 is 0. The van der Waals surface area contributed by atoms with Crippen LogP contribution in [0.25, 0.3) is 38.6 Å². The lowest BCUT2D eigenvalue weighted by Crippen LogP contribution is -2.36. The number of rotatable bonds is 2. The molecule has 0 aliphatic carbocycles. The second-order valence-corrected chi connectivity index (χ2v) is 9.86. The SMILES string of the molecule is Cn1c(=O)c2c(-c3ccc(C(C)(C)C)cc3)n(-c3cccc4cccc(N)c34)cc2n(C)c1=O. The summed E-state index contributed by atoms with van der Waals surface area (Å²) in [4.78, 5) is 26.1. The second-order valence-electron chi connectivity index (χ2n) is 9.86. The Morgan fingerprint density at radius 1 is 0.794 bits per heavy atom. The molecule has 6 nitrogen and oxygen atoms in total. The fourth-order valence-corrected chi connectivity index (χ4v) is 4.69. The number of aryl methyl sites for hydroxylation is 1. The van der Waals surface area contributed by atoms with E-state index in [2.05, 4.69) is 32.9 Å². The minimum Gasteiger partial charge on any atom is -0.398 e. The van der Waals surface area contributed by atoms with Crippen molar-refractivity contribution in [2.24, 2.45) is 14.1 Å². The molecule has 34 heavy (non-hydrogen) atoms. The summed E-state index contributed by atoms with van der Waals surface area (Å²) < 4.78 is 4.68. The predicted molar refractivity (Wildman–Crippen MR) is 140 cm³/mol. The first kappa shape index (κ1) is 21.8. The van der Waals surface area contributed by atoms with Gasteiger partial charge in [0.05, 0.1) is 22.3 Å². The number of aromatic nitrogens is 3. The Morgan fingerprint density at radius 2 is 1.44 bits per heavy atom. The quantitative estimate of drug-likeness (QED) is 0.394. The molecule has 2 N–H and O–H groups in total. The van der Waals surface area contributed by atoms with Gasteiger partial charge < -0.3 is 10.3 Å². The summed E-state index contributed by atoms with van der Waals surface area (Å²) in [7, 11) is 3.21. The van der Waals surface area contributed by atoms with Gasteiger partial charge in [-0.2, -0.15) is 0 Å². The molecular formula is C28H28N4O2. The topological polar surface area (TPSA) is 75.0 Å². The molecule has 0 aliphatic rings. The van der Waals surface area contributed by atoms with Gasteiger partial charge in [0, 0.05) is 31.4 Å². The first-order valence-electron chi connectivity index (χ1n) is 11.3. The normalized spacial score (nSPS) is 12.0. The van der Waals surface area contributed by atoms with E-state index in [-0.39, 0.29) is 16.7 Å². The molecule has 0 unspecified atom stereocenters. The van der Waals surface area contributed by atoms with Crippen LogP contribution in [0.15, 0.2) is 76.4 Å². The average molecular weight is 453 g/mol. The molecule has 5 aromatic rings. The Labute approximate surface area is 197 Å². The van der Waals surface area contributed by atoms with E-state index in [0.29, 0.717) is 16.6 Å². The zero-order chi connectivity index (χ0) is 24.4. The molecule has 5 rings (SSSR count). The summed E-state index contributed by atoms with van der Waals surface area (Å²) in [6.45, 7) is 6.51. The van der Waals surface area contributed by atoms with Crippen molar-refractivity contribution in [2.45, 2.75) is 26.2 Å². The monoisotopic (exact) mass is 452 g/mol.